The largest absolute Gasteiger partial charge is 0.482 e. The standard InChI is InChI=1S/C15H20O3/c1-4-12-6-11(5-10(2)3)7-14-15(12)18-9-13(16)8-17-14/h6-7,10H,4-5,8-9H2,1-3H3. The lowest BCUT2D eigenvalue weighted by molar-refractivity contribution is -0.122. The molecule has 18 heavy (non-hydrogen) atoms. The van der Waals surface area contributed by atoms with Crippen LogP contribution < -0.4 is 9.47 Å². The highest BCUT2D eigenvalue weighted by molar-refractivity contribution is 5.82. The SMILES string of the molecule is CCc1cc(CC(C)C)cc2c1OCC(=O)CO2. The Morgan fingerprint density at radius 2 is 1.94 bits per heavy atom. The Bertz CT molecular complexity index is 449. The molecule has 0 saturated carbocycles. The zero-order valence-electron chi connectivity index (χ0n) is 11.3. The van der Waals surface area contributed by atoms with Crippen LogP contribution in [0.5, 0.6) is 11.5 Å². The van der Waals surface area contributed by atoms with Gasteiger partial charge in [-0.05, 0) is 36.0 Å². The molecular formula is C15H20O3. The minimum atomic E-state index is -0.0151. The maximum Gasteiger partial charge on any atom is 0.207 e. The Hall–Kier alpha value is -1.51. The van der Waals surface area contributed by atoms with Crippen molar-refractivity contribution in [1.29, 1.82) is 0 Å². The van der Waals surface area contributed by atoms with Crippen LogP contribution >= 0.6 is 0 Å². The molecule has 0 N–H and O–H groups in total. The van der Waals surface area contributed by atoms with E-state index in [0.717, 1.165) is 29.9 Å². The molecule has 0 atom stereocenters. The van der Waals surface area contributed by atoms with E-state index in [1.807, 2.05) is 6.07 Å². The predicted molar refractivity (Wildman–Crippen MR) is 70.4 cm³/mol. The van der Waals surface area contributed by atoms with Gasteiger partial charge in [-0.3, -0.25) is 4.79 Å². The second kappa shape index (κ2) is 5.42. The first kappa shape index (κ1) is 12.9. The lowest BCUT2D eigenvalue weighted by Gasteiger charge is -2.14. The third kappa shape index (κ3) is 2.84. The highest BCUT2D eigenvalue weighted by atomic mass is 16.5. The van der Waals surface area contributed by atoms with Crippen molar-refractivity contribution in [1.82, 2.24) is 0 Å². The fourth-order valence-electron chi connectivity index (χ4n) is 2.20. The van der Waals surface area contributed by atoms with Gasteiger partial charge in [0.15, 0.2) is 24.7 Å². The lowest BCUT2D eigenvalue weighted by atomic mass is 9.99. The summed E-state index contributed by atoms with van der Waals surface area (Å²) in [6, 6.07) is 4.17. The number of carbonyl (C=O) groups excluding carboxylic acids is 1. The number of benzene rings is 1. The van der Waals surface area contributed by atoms with Gasteiger partial charge in [0.1, 0.15) is 0 Å². The summed E-state index contributed by atoms with van der Waals surface area (Å²) in [5, 5.41) is 0. The van der Waals surface area contributed by atoms with Gasteiger partial charge in [0.2, 0.25) is 5.78 Å². The Kier molecular flexibility index (Phi) is 3.90. The molecule has 0 radical (unpaired) electrons. The van der Waals surface area contributed by atoms with Gasteiger partial charge in [0.25, 0.3) is 0 Å². The number of rotatable bonds is 3. The molecule has 1 aliphatic heterocycles. The normalized spacial score (nSPS) is 14.8. The molecular weight excluding hydrogens is 228 g/mol. The zero-order valence-corrected chi connectivity index (χ0v) is 11.3. The smallest absolute Gasteiger partial charge is 0.207 e. The Labute approximate surface area is 108 Å². The summed E-state index contributed by atoms with van der Waals surface area (Å²) in [6.07, 6.45) is 1.89. The fourth-order valence-corrected chi connectivity index (χ4v) is 2.20. The molecule has 0 aliphatic carbocycles. The summed E-state index contributed by atoms with van der Waals surface area (Å²) in [5.74, 6) is 2.05. The second-order valence-corrected chi connectivity index (χ2v) is 5.15. The van der Waals surface area contributed by atoms with Crippen molar-refractivity contribution in [3.63, 3.8) is 0 Å². The van der Waals surface area contributed by atoms with E-state index in [4.69, 9.17) is 9.47 Å². The van der Waals surface area contributed by atoms with E-state index in [-0.39, 0.29) is 19.0 Å². The van der Waals surface area contributed by atoms with Crippen molar-refractivity contribution >= 4 is 5.78 Å². The number of ether oxygens (including phenoxy) is 2. The van der Waals surface area contributed by atoms with Crippen molar-refractivity contribution in [2.24, 2.45) is 5.92 Å². The summed E-state index contributed by atoms with van der Waals surface area (Å²) in [5.41, 5.74) is 2.37. The van der Waals surface area contributed by atoms with Crippen LogP contribution in [0, 0.1) is 5.92 Å². The molecule has 2 rings (SSSR count). The van der Waals surface area contributed by atoms with Gasteiger partial charge in [-0.1, -0.05) is 26.8 Å². The third-order valence-electron chi connectivity index (χ3n) is 2.98. The van der Waals surface area contributed by atoms with Gasteiger partial charge in [-0.25, -0.2) is 0 Å². The summed E-state index contributed by atoms with van der Waals surface area (Å²) < 4.78 is 11.1. The Morgan fingerprint density at radius 3 is 2.61 bits per heavy atom. The maximum absolute atomic E-state index is 11.4. The van der Waals surface area contributed by atoms with Crippen LogP contribution in [0.3, 0.4) is 0 Å². The molecule has 0 spiro atoms. The maximum atomic E-state index is 11.4. The molecule has 3 heteroatoms. The molecule has 0 aromatic heterocycles. The monoisotopic (exact) mass is 248 g/mol. The number of ketones is 1. The minimum absolute atomic E-state index is 0.0151. The van der Waals surface area contributed by atoms with Gasteiger partial charge in [0, 0.05) is 0 Å². The molecule has 1 heterocycles. The molecule has 0 amide bonds. The van der Waals surface area contributed by atoms with Gasteiger partial charge in [-0.15, -0.1) is 0 Å². The van der Waals surface area contributed by atoms with Gasteiger partial charge < -0.3 is 9.47 Å². The zero-order chi connectivity index (χ0) is 13.1. The summed E-state index contributed by atoms with van der Waals surface area (Å²) in [4.78, 5) is 11.4. The highest BCUT2D eigenvalue weighted by Crippen LogP contribution is 2.35. The quantitative estimate of drug-likeness (QED) is 0.825. The summed E-state index contributed by atoms with van der Waals surface area (Å²) >= 11 is 0. The summed E-state index contributed by atoms with van der Waals surface area (Å²) in [6.45, 7) is 6.70. The van der Waals surface area contributed by atoms with E-state index < -0.39 is 0 Å². The first-order valence-corrected chi connectivity index (χ1v) is 6.53. The van der Waals surface area contributed by atoms with E-state index in [0.29, 0.717) is 5.92 Å². The van der Waals surface area contributed by atoms with E-state index in [9.17, 15) is 4.79 Å². The summed E-state index contributed by atoms with van der Waals surface area (Å²) in [7, 11) is 0. The number of hydrogen-bond acceptors (Lipinski definition) is 3. The van der Waals surface area contributed by atoms with Gasteiger partial charge in [0.05, 0.1) is 0 Å². The first-order chi connectivity index (χ1) is 8.60. The fraction of sp³-hybridized carbons (Fsp3) is 0.533. The van der Waals surface area contributed by atoms with Crippen molar-refractivity contribution in [3.8, 4) is 11.5 Å². The molecule has 98 valence electrons. The van der Waals surface area contributed by atoms with Crippen LogP contribution in [-0.2, 0) is 17.6 Å². The van der Waals surface area contributed by atoms with Crippen LogP contribution in [0.2, 0.25) is 0 Å². The molecule has 0 fully saturated rings. The Morgan fingerprint density at radius 1 is 1.22 bits per heavy atom. The van der Waals surface area contributed by atoms with Gasteiger partial charge in [-0.2, -0.15) is 0 Å². The number of aryl methyl sites for hydroxylation is 1. The molecule has 3 nitrogen and oxygen atoms in total. The average molecular weight is 248 g/mol. The van der Waals surface area contributed by atoms with Crippen molar-refractivity contribution < 1.29 is 14.3 Å². The van der Waals surface area contributed by atoms with Crippen molar-refractivity contribution in [3.05, 3.63) is 23.3 Å². The number of hydrogen-bond donors (Lipinski definition) is 0. The van der Waals surface area contributed by atoms with E-state index in [2.05, 4.69) is 26.8 Å². The second-order valence-electron chi connectivity index (χ2n) is 5.15. The van der Waals surface area contributed by atoms with Crippen LogP contribution in [0.15, 0.2) is 12.1 Å². The molecule has 1 aromatic rings. The topological polar surface area (TPSA) is 35.5 Å². The number of Topliss-reactive ketones (excluding diaryl/α,β-unsaturated/α-hetero) is 1. The van der Waals surface area contributed by atoms with Crippen molar-refractivity contribution in [2.45, 2.75) is 33.6 Å². The van der Waals surface area contributed by atoms with E-state index in [1.54, 1.807) is 0 Å². The van der Waals surface area contributed by atoms with Crippen molar-refractivity contribution in [2.75, 3.05) is 13.2 Å². The van der Waals surface area contributed by atoms with E-state index in [1.165, 1.54) is 5.56 Å². The minimum Gasteiger partial charge on any atom is -0.482 e. The molecule has 1 aliphatic rings. The van der Waals surface area contributed by atoms with Crippen LogP contribution in [0.25, 0.3) is 0 Å². The Balaban J connectivity index is 2.37. The number of carbonyl (C=O) groups is 1. The van der Waals surface area contributed by atoms with Gasteiger partial charge >= 0.3 is 0 Å². The highest BCUT2D eigenvalue weighted by Gasteiger charge is 2.19. The molecule has 0 unspecified atom stereocenters. The van der Waals surface area contributed by atoms with Crippen LogP contribution in [0.4, 0.5) is 0 Å². The van der Waals surface area contributed by atoms with Crippen LogP contribution in [-0.4, -0.2) is 19.0 Å². The molecule has 0 saturated heterocycles. The lowest BCUT2D eigenvalue weighted by Crippen LogP contribution is -2.15. The molecule has 1 aromatic carbocycles. The average Bonchev–Trinajstić information content (AvgIpc) is 2.50. The third-order valence-corrected chi connectivity index (χ3v) is 2.98. The number of fused-ring (bicyclic) bond motifs is 1. The first-order valence-electron chi connectivity index (χ1n) is 6.53. The van der Waals surface area contributed by atoms with Crippen LogP contribution in [0.1, 0.15) is 31.9 Å². The van der Waals surface area contributed by atoms with E-state index >= 15 is 0 Å². The predicted octanol–water partition coefficient (Wildman–Crippen LogP) is 2.79. The molecule has 0 bridgehead atoms.